The van der Waals surface area contributed by atoms with Crippen LogP contribution in [-0.2, 0) is 5.41 Å². The molecule has 0 unspecified atom stereocenters. The predicted octanol–water partition coefficient (Wildman–Crippen LogP) is 12.2. The summed E-state index contributed by atoms with van der Waals surface area (Å²) in [5.41, 5.74) is 10.9. The molecule has 0 radical (unpaired) electrons. The van der Waals surface area contributed by atoms with E-state index in [1.54, 1.807) is 0 Å². The van der Waals surface area contributed by atoms with Crippen molar-refractivity contribution in [2.75, 3.05) is 0 Å². The molecule has 1 aliphatic carbocycles. The van der Waals surface area contributed by atoms with Crippen LogP contribution in [0.25, 0.3) is 93.4 Å². The maximum absolute atomic E-state index is 5.45. The second-order valence-electron chi connectivity index (χ2n) is 14.1. The maximum Gasteiger partial charge on any atom is 0.165 e. The summed E-state index contributed by atoms with van der Waals surface area (Å²) in [5.74, 6) is 0.839. The molecule has 1 aliphatic rings. The minimum Gasteiger partial charge on any atom is -0.292 e. The van der Waals surface area contributed by atoms with Crippen molar-refractivity contribution in [2.45, 2.75) is 19.3 Å². The quantitative estimate of drug-likeness (QED) is 0.193. The fourth-order valence-corrected chi connectivity index (χ4v) is 8.84. The van der Waals surface area contributed by atoms with Gasteiger partial charge in [-0.3, -0.25) is 4.57 Å². The lowest BCUT2D eigenvalue weighted by molar-refractivity contribution is 0.663. The topological polar surface area (TPSA) is 30.7 Å². The Balaban J connectivity index is 1.32. The normalized spacial score (nSPS) is 13.6. The highest BCUT2D eigenvalue weighted by molar-refractivity contribution is 6.35. The average Bonchev–Trinajstić information content (AvgIpc) is 3.63. The smallest absolute Gasteiger partial charge is 0.165 e. The highest BCUT2D eigenvalue weighted by Crippen LogP contribution is 2.53. The zero-order valence-electron chi connectivity index (χ0n) is 27.8. The molecule has 0 bridgehead atoms. The molecule has 8 aromatic carbocycles. The minimum atomic E-state index is -0.133. The van der Waals surface area contributed by atoms with E-state index in [0.717, 1.165) is 39.1 Å². The molecule has 10 aromatic rings. The molecular weight excluding hydrogens is 607 g/mol. The zero-order valence-corrected chi connectivity index (χ0v) is 27.8. The molecule has 0 saturated carbocycles. The van der Waals surface area contributed by atoms with Gasteiger partial charge in [-0.1, -0.05) is 141 Å². The summed E-state index contributed by atoms with van der Waals surface area (Å²) in [5, 5.41) is 10.4. The third-order valence-corrected chi connectivity index (χ3v) is 11.2. The number of aromatic nitrogens is 3. The molecule has 2 aromatic heterocycles. The number of hydrogen-bond donors (Lipinski definition) is 0. The maximum atomic E-state index is 5.45. The molecule has 0 saturated heterocycles. The number of para-hydroxylation sites is 2. The summed E-state index contributed by atoms with van der Waals surface area (Å²) in [6, 6.07) is 54.8. The molecule has 3 heteroatoms. The van der Waals surface area contributed by atoms with Crippen molar-refractivity contribution < 1.29 is 0 Å². The van der Waals surface area contributed by atoms with Crippen LogP contribution in [0.5, 0.6) is 0 Å². The van der Waals surface area contributed by atoms with Gasteiger partial charge in [0.25, 0.3) is 0 Å². The van der Waals surface area contributed by atoms with Gasteiger partial charge in [-0.05, 0) is 78.8 Å². The molecule has 0 atom stereocenters. The van der Waals surface area contributed by atoms with Gasteiger partial charge in [-0.15, -0.1) is 0 Å². The lowest BCUT2D eigenvalue weighted by atomic mass is 9.81. The van der Waals surface area contributed by atoms with Gasteiger partial charge in [0.05, 0.1) is 22.1 Å². The van der Waals surface area contributed by atoms with E-state index in [2.05, 4.69) is 158 Å². The molecule has 0 amide bonds. The summed E-state index contributed by atoms with van der Waals surface area (Å²) in [6.07, 6.45) is 0. The third kappa shape index (κ3) is 3.59. The Hall–Kier alpha value is -6.32. The van der Waals surface area contributed by atoms with E-state index < -0.39 is 0 Å². The number of hydrogen-bond acceptors (Lipinski definition) is 2. The van der Waals surface area contributed by atoms with Gasteiger partial charge in [0, 0.05) is 21.8 Å². The van der Waals surface area contributed by atoms with Gasteiger partial charge in [0.1, 0.15) is 5.69 Å². The number of fused-ring (bicyclic) bond motifs is 4. The van der Waals surface area contributed by atoms with E-state index in [1.165, 1.54) is 65.3 Å². The molecular formula is C47H31N3. The standard InChI is InChI=1S/C47H31N3/c1-47(2)35-18-10-16-33-31-14-6-7-15-32(31)34-17-11-21-39-42(34)44-40(27-26-36(47)43(44)41(33)35)50(39)46-45(48-37-19-8-9-20-38(37)49-46)30-24-22-29(23-25-30)28-12-4-3-5-13-28/h3-27H,1-2H3. The number of rotatable bonds is 3. The van der Waals surface area contributed by atoms with Gasteiger partial charge in [-0.25, -0.2) is 9.97 Å². The summed E-state index contributed by atoms with van der Waals surface area (Å²) >= 11 is 0. The van der Waals surface area contributed by atoms with Crippen molar-refractivity contribution in [3.63, 3.8) is 0 Å². The van der Waals surface area contributed by atoms with Crippen molar-refractivity contribution in [1.82, 2.24) is 14.5 Å². The second-order valence-corrected chi connectivity index (χ2v) is 14.1. The van der Waals surface area contributed by atoms with Crippen LogP contribution in [-0.4, -0.2) is 14.5 Å². The molecule has 50 heavy (non-hydrogen) atoms. The number of nitrogens with zero attached hydrogens (tertiary/aromatic N) is 3. The van der Waals surface area contributed by atoms with Gasteiger partial charge in [0.2, 0.25) is 0 Å². The van der Waals surface area contributed by atoms with E-state index in [4.69, 9.17) is 9.97 Å². The van der Waals surface area contributed by atoms with Crippen LogP contribution in [0, 0.1) is 0 Å². The zero-order chi connectivity index (χ0) is 33.1. The molecule has 0 spiro atoms. The monoisotopic (exact) mass is 637 g/mol. The Bertz CT molecular complexity index is 3040. The fourth-order valence-electron chi connectivity index (χ4n) is 8.84. The van der Waals surface area contributed by atoms with E-state index in [0.29, 0.717) is 0 Å². The summed E-state index contributed by atoms with van der Waals surface area (Å²) in [6.45, 7) is 4.76. The van der Waals surface area contributed by atoms with Gasteiger partial charge in [-0.2, -0.15) is 0 Å². The Morgan fingerprint density at radius 2 is 0.960 bits per heavy atom. The Morgan fingerprint density at radius 3 is 1.72 bits per heavy atom. The minimum absolute atomic E-state index is 0.133. The molecule has 3 nitrogen and oxygen atoms in total. The van der Waals surface area contributed by atoms with Gasteiger partial charge < -0.3 is 0 Å². The molecule has 234 valence electrons. The van der Waals surface area contributed by atoms with Crippen molar-refractivity contribution in [3.8, 4) is 28.2 Å². The van der Waals surface area contributed by atoms with Gasteiger partial charge in [0.15, 0.2) is 5.82 Å². The van der Waals surface area contributed by atoms with Crippen LogP contribution in [0.3, 0.4) is 0 Å². The molecule has 0 aliphatic heterocycles. The van der Waals surface area contributed by atoms with E-state index in [1.807, 2.05) is 12.1 Å². The molecule has 0 fully saturated rings. The van der Waals surface area contributed by atoms with Crippen molar-refractivity contribution in [1.29, 1.82) is 0 Å². The third-order valence-electron chi connectivity index (χ3n) is 11.2. The average molecular weight is 638 g/mol. The van der Waals surface area contributed by atoms with Crippen LogP contribution in [0.4, 0.5) is 0 Å². The molecule has 2 heterocycles. The van der Waals surface area contributed by atoms with Crippen molar-refractivity contribution >= 4 is 65.2 Å². The predicted molar refractivity (Wildman–Crippen MR) is 209 cm³/mol. The SMILES string of the molecule is CC1(C)c2cccc3c4ccccc4c4cccc5c4c4c(c1ccc4n5-c1nc4ccccc4nc1-c1ccc(-c4ccccc4)cc1)c23. The van der Waals surface area contributed by atoms with Crippen LogP contribution >= 0.6 is 0 Å². The second kappa shape index (κ2) is 9.87. The molecule has 11 rings (SSSR count). The van der Waals surface area contributed by atoms with E-state index >= 15 is 0 Å². The Labute approximate surface area is 289 Å². The van der Waals surface area contributed by atoms with Crippen molar-refractivity contribution in [3.05, 3.63) is 163 Å². The Morgan fingerprint density at radius 1 is 0.400 bits per heavy atom. The van der Waals surface area contributed by atoms with Crippen LogP contribution in [0.2, 0.25) is 0 Å². The first-order valence-electron chi connectivity index (χ1n) is 17.4. The lowest BCUT2D eigenvalue weighted by Gasteiger charge is -2.22. The highest BCUT2D eigenvalue weighted by Gasteiger charge is 2.36. The summed E-state index contributed by atoms with van der Waals surface area (Å²) in [7, 11) is 0. The van der Waals surface area contributed by atoms with Crippen LogP contribution in [0.15, 0.2) is 152 Å². The summed E-state index contributed by atoms with van der Waals surface area (Å²) < 4.78 is 2.38. The van der Waals surface area contributed by atoms with E-state index in [9.17, 15) is 0 Å². The van der Waals surface area contributed by atoms with Crippen LogP contribution < -0.4 is 0 Å². The first kappa shape index (κ1) is 27.6. The fraction of sp³-hybridized carbons (Fsp3) is 0.0638. The van der Waals surface area contributed by atoms with E-state index in [-0.39, 0.29) is 5.41 Å². The number of benzene rings is 7. The highest BCUT2D eigenvalue weighted by atomic mass is 15.1. The summed E-state index contributed by atoms with van der Waals surface area (Å²) in [4.78, 5) is 10.8. The van der Waals surface area contributed by atoms with Gasteiger partial charge >= 0.3 is 0 Å². The first-order valence-corrected chi connectivity index (χ1v) is 17.4. The first-order chi connectivity index (χ1) is 24.6. The van der Waals surface area contributed by atoms with Crippen molar-refractivity contribution in [2.24, 2.45) is 0 Å². The largest absolute Gasteiger partial charge is 0.292 e. The van der Waals surface area contributed by atoms with Crippen LogP contribution in [0.1, 0.15) is 25.0 Å². The molecule has 0 N–H and O–H groups in total. The Kier molecular flexibility index (Phi) is 5.45. The lowest BCUT2D eigenvalue weighted by Crippen LogP contribution is -2.15.